The fraction of sp³-hybridized carbons (Fsp3) is 0.385. The lowest BCUT2D eigenvalue weighted by atomic mass is 10.0. The van der Waals surface area contributed by atoms with Crippen molar-refractivity contribution < 1.29 is 14.3 Å². The second-order valence-corrected chi connectivity index (χ2v) is 8.41. The molecule has 0 aliphatic carbocycles. The minimum absolute atomic E-state index is 0.00989. The second kappa shape index (κ2) is 11.0. The number of hydrogen-bond donors (Lipinski definition) is 1. The highest BCUT2D eigenvalue weighted by Crippen LogP contribution is 2.29. The highest BCUT2D eigenvalue weighted by molar-refractivity contribution is 5.78. The van der Waals surface area contributed by atoms with Gasteiger partial charge < -0.3 is 19.4 Å². The number of nitrogens with one attached hydrogen (secondary N) is 1. The summed E-state index contributed by atoms with van der Waals surface area (Å²) >= 11 is 0. The number of hydrogen-bond acceptors (Lipinski definition) is 5. The van der Waals surface area contributed by atoms with Crippen molar-refractivity contribution in [2.75, 3.05) is 20.2 Å². The van der Waals surface area contributed by atoms with E-state index in [1.807, 2.05) is 47.2 Å². The number of aromatic nitrogens is 2. The van der Waals surface area contributed by atoms with E-state index in [1.165, 1.54) is 0 Å². The van der Waals surface area contributed by atoms with Crippen LogP contribution in [0.4, 0.5) is 0 Å². The molecule has 7 nitrogen and oxygen atoms in total. The zero-order valence-corrected chi connectivity index (χ0v) is 19.3. The van der Waals surface area contributed by atoms with Crippen molar-refractivity contribution in [3.8, 4) is 11.5 Å². The maximum Gasteiger partial charge on any atom is 0.234 e. The van der Waals surface area contributed by atoms with Gasteiger partial charge in [0.25, 0.3) is 0 Å². The van der Waals surface area contributed by atoms with Gasteiger partial charge in [-0.2, -0.15) is 0 Å². The second-order valence-electron chi connectivity index (χ2n) is 8.41. The van der Waals surface area contributed by atoms with Crippen LogP contribution in [0.3, 0.4) is 0 Å². The third-order valence-electron chi connectivity index (χ3n) is 6.01. The van der Waals surface area contributed by atoms with Crippen molar-refractivity contribution in [2.24, 2.45) is 0 Å². The van der Waals surface area contributed by atoms with Gasteiger partial charge in [0.05, 0.1) is 26.0 Å². The van der Waals surface area contributed by atoms with Gasteiger partial charge in [-0.1, -0.05) is 37.3 Å². The summed E-state index contributed by atoms with van der Waals surface area (Å²) in [5.74, 6) is 1.67. The Kier molecular flexibility index (Phi) is 7.62. The van der Waals surface area contributed by atoms with Crippen molar-refractivity contribution in [1.82, 2.24) is 19.8 Å². The van der Waals surface area contributed by atoms with E-state index in [-0.39, 0.29) is 18.1 Å². The van der Waals surface area contributed by atoms with Gasteiger partial charge >= 0.3 is 0 Å². The summed E-state index contributed by atoms with van der Waals surface area (Å²) in [6, 6.07) is 15.9. The molecule has 1 aliphatic rings. The van der Waals surface area contributed by atoms with Crippen molar-refractivity contribution in [1.29, 1.82) is 0 Å². The Hall–Kier alpha value is -3.32. The Labute approximate surface area is 195 Å². The van der Waals surface area contributed by atoms with Gasteiger partial charge in [0.1, 0.15) is 17.6 Å². The van der Waals surface area contributed by atoms with Gasteiger partial charge in [-0.3, -0.25) is 9.69 Å². The van der Waals surface area contributed by atoms with Crippen LogP contribution in [-0.2, 0) is 17.9 Å². The third kappa shape index (κ3) is 6.14. The van der Waals surface area contributed by atoms with E-state index in [2.05, 4.69) is 34.3 Å². The van der Waals surface area contributed by atoms with Crippen LogP contribution in [-0.4, -0.2) is 46.7 Å². The minimum Gasteiger partial charge on any atom is -0.497 e. The van der Waals surface area contributed by atoms with Crippen molar-refractivity contribution in [2.45, 2.75) is 45.0 Å². The van der Waals surface area contributed by atoms with E-state index < -0.39 is 0 Å². The molecule has 1 aliphatic heterocycles. The summed E-state index contributed by atoms with van der Waals surface area (Å²) in [5.41, 5.74) is 2.14. The van der Waals surface area contributed by atoms with Crippen LogP contribution in [0.25, 0.3) is 0 Å². The van der Waals surface area contributed by atoms with E-state index in [1.54, 1.807) is 19.6 Å². The standard InChI is InChI=1S/C26H32N4O3/c1-3-22-17-30(16-21-15-23(32-2)9-10-25(21)33-22)18-26(31)28-24(20-7-5-4-6-8-20)11-13-29-14-12-27-19-29/h4-10,12,14-15,19,22,24H,3,11,13,16-18H2,1-2H3,(H,28,31). The number of benzene rings is 2. The van der Waals surface area contributed by atoms with Gasteiger partial charge in [-0.15, -0.1) is 0 Å². The summed E-state index contributed by atoms with van der Waals surface area (Å²) in [5, 5.41) is 3.26. The molecule has 3 aromatic rings. The number of imidazole rings is 1. The Morgan fingerprint density at radius 1 is 1.27 bits per heavy atom. The summed E-state index contributed by atoms with van der Waals surface area (Å²) in [4.78, 5) is 19.4. The highest BCUT2D eigenvalue weighted by atomic mass is 16.5. The SMILES string of the molecule is CCC1CN(CC(=O)NC(CCn2ccnc2)c2ccccc2)Cc2cc(OC)ccc2O1. The average Bonchev–Trinajstić information content (AvgIpc) is 3.29. The molecule has 174 valence electrons. The molecule has 1 amide bonds. The van der Waals surface area contributed by atoms with E-state index in [9.17, 15) is 4.79 Å². The maximum absolute atomic E-state index is 13.2. The lowest BCUT2D eigenvalue weighted by Gasteiger charge is -2.25. The average molecular weight is 449 g/mol. The summed E-state index contributed by atoms with van der Waals surface area (Å²) < 4.78 is 13.6. The predicted octanol–water partition coefficient (Wildman–Crippen LogP) is 3.81. The molecule has 0 saturated carbocycles. The summed E-state index contributed by atoms with van der Waals surface area (Å²) in [6.07, 6.45) is 7.22. The molecule has 0 radical (unpaired) electrons. The maximum atomic E-state index is 13.2. The van der Waals surface area contributed by atoms with Crippen LogP contribution < -0.4 is 14.8 Å². The summed E-state index contributed by atoms with van der Waals surface area (Å²) in [6.45, 7) is 4.54. The fourth-order valence-corrected chi connectivity index (χ4v) is 4.21. The van der Waals surface area contributed by atoms with E-state index in [0.717, 1.165) is 42.0 Å². The smallest absolute Gasteiger partial charge is 0.234 e. The van der Waals surface area contributed by atoms with Crippen LogP contribution in [0.2, 0.25) is 0 Å². The molecule has 0 bridgehead atoms. The number of amides is 1. The molecule has 0 fully saturated rings. The minimum atomic E-state index is -0.0707. The molecule has 2 aromatic carbocycles. The van der Waals surface area contributed by atoms with Crippen LogP contribution in [0.1, 0.15) is 36.9 Å². The number of ether oxygens (including phenoxy) is 2. The number of carbonyl (C=O) groups excluding carboxylic acids is 1. The van der Waals surface area contributed by atoms with Crippen LogP contribution in [0.5, 0.6) is 11.5 Å². The van der Waals surface area contributed by atoms with Gasteiger partial charge in [0.2, 0.25) is 5.91 Å². The zero-order valence-electron chi connectivity index (χ0n) is 19.3. The van der Waals surface area contributed by atoms with E-state index in [0.29, 0.717) is 19.6 Å². The Morgan fingerprint density at radius 3 is 2.85 bits per heavy atom. The first kappa shape index (κ1) is 22.9. The molecule has 1 aromatic heterocycles. The Morgan fingerprint density at radius 2 is 2.12 bits per heavy atom. The van der Waals surface area contributed by atoms with Crippen LogP contribution in [0.15, 0.2) is 67.3 Å². The lowest BCUT2D eigenvalue weighted by Crippen LogP contribution is -2.41. The Bertz CT molecular complexity index is 1020. The lowest BCUT2D eigenvalue weighted by molar-refractivity contribution is -0.123. The number of methoxy groups -OCH3 is 1. The molecule has 0 saturated heterocycles. The van der Waals surface area contributed by atoms with E-state index in [4.69, 9.17) is 9.47 Å². The number of rotatable bonds is 9. The highest BCUT2D eigenvalue weighted by Gasteiger charge is 2.25. The Balaban J connectivity index is 1.45. The number of aryl methyl sites for hydroxylation is 1. The normalized spacial score (nSPS) is 16.8. The van der Waals surface area contributed by atoms with Crippen molar-refractivity contribution >= 4 is 5.91 Å². The summed E-state index contributed by atoms with van der Waals surface area (Å²) in [7, 11) is 1.66. The van der Waals surface area contributed by atoms with Gasteiger partial charge in [0.15, 0.2) is 0 Å². The zero-order chi connectivity index (χ0) is 23.0. The molecular formula is C26H32N4O3. The molecule has 7 heteroatoms. The first-order valence-electron chi connectivity index (χ1n) is 11.5. The predicted molar refractivity (Wildman–Crippen MR) is 127 cm³/mol. The van der Waals surface area contributed by atoms with Crippen LogP contribution in [0, 0.1) is 0 Å². The van der Waals surface area contributed by atoms with E-state index >= 15 is 0 Å². The molecular weight excluding hydrogens is 416 g/mol. The largest absolute Gasteiger partial charge is 0.497 e. The van der Waals surface area contributed by atoms with Crippen LogP contribution >= 0.6 is 0 Å². The topological polar surface area (TPSA) is 68.6 Å². The first-order valence-corrected chi connectivity index (χ1v) is 11.5. The van der Waals surface area contributed by atoms with Gasteiger partial charge in [0, 0.05) is 37.6 Å². The quantitative estimate of drug-likeness (QED) is 0.539. The molecule has 2 unspecified atom stereocenters. The third-order valence-corrected chi connectivity index (χ3v) is 6.01. The number of carbonyl (C=O) groups is 1. The molecule has 0 spiro atoms. The first-order chi connectivity index (χ1) is 16.1. The van der Waals surface area contributed by atoms with Gasteiger partial charge in [-0.05, 0) is 36.6 Å². The van der Waals surface area contributed by atoms with Gasteiger partial charge in [-0.25, -0.2) is 4.98 Å². The van der Waals surface area contributed by atoms with Crippen molar-refractivity contribution in [3.05, 3.63) is 78.4 Å². The number of nitrogens with zero attached hydrogens (tertiary/aromatic N) is 3. The molecule has 2 heterocycles. The fourth-order valence-electron chi connectivity index (χ4n) is 4.21. The monoisotopic (exact) mass is 448 g/mol. The molecule has 2 atom stereocenters. The molecule has 33 heavy (non-hydrogen) atoms. The molecule has 4 rings (SSSR count). The molecule has 1 N–H and O–H groups in total. The van der Waals surface area contributed by atoms with Crippen molar-refractivity contribution in [3.63, 3.8) is 0 Å². The number of fused-ring (bicyclic) bond motifs is 1.